The quantitative estimate of drug-likeness (QED) is 0.759. The summed E-state index contributed by atoms with van der Waals surface area (Å²) < 4.78 is 6.70. The van der Waals surface area contributed by atoms with Crippen molar-refractivity contribution < 1.29 is 9.53 Å². The minimum absolute atomic E-state index is 0.297. The molecule has 2 heterocycles. The molecule has 0 amide bonds. The summed E-state index contributed by atoms with van der Waals surface area (Å²) >= 11 is 0. The molecule has 1 aromatic heterocycles. The maximum absolute atomic E-state index is 11.4. The number of ether oxygens (including phenoxy) is 1. The van der Waals surface area contributed by atoms with Gasteiger partial charge in [-0.1, -0.05) is 6.07 Å². The van der Waals surface area contributed by atoms with Gasteiger partial charge in [0.25, 0.3) is 0 Å². The zero-order valence-corrected chi connectivity index (χ0v) is 9.43. The fourth-order valence-electron chi connectivity index (χ4n) is 2.14. The first-order valence-electron chi connectivity index (χ1n) is 5.42. The molecule has 0 radical (unpaired) electrons. The molecule has 2 aromatic rings. The standard InChI is InChI=1S/C13H12N2O2/c1-17-13(16)9-4-5-11-10(7-9)8-14-15-6-2-3-12(11)15/h2-7,14H,8H2,1H3. The van der Waals surface area contributed by atoms with Crippen LogP contribution in [0.15, 0.2) is 36.5 Å². The Bertz CT molecular complexity index is 587. The summed E-state index contributed by atoms with van der Waals surface area (Å²) in [5.74, 6) is -0.297. The molecule has 1 N–H and O–H groups in total. The number of benzene rings is 1. The molecule has 0 atom stereocenters. The Balaban J connectivity index is 2.10. The van der Waals surface area contributed by atoms with Gasteiger partial charge in [0.1, 0.15) is 0 Å². The largest absolute Gasteiger partial charge is 0.465 e. The molecule has 0 aliphatic carbocycles. The first-order valence-corrected chi connectivity index (χ1v) is 5.42. The zero-order valence-electron chi connectivity index (χ0n) is 9.43. The van der Waals surface area contributed by atoms with Crippen molar-refractivity contribution >= 4 is 5.97 Å². The summed E-state index contributed by atoms with van der Waals surface area (Å²) in [6.45, 7) is 0.710. The van der Waals surface area contributed by atoms with Crippen LogP contribution in [-0.4, -0.2) is 17.8 Å². The van der Waals surface area contributed by atoms with Crippen molar-refractivity contribution in [1.29, 1.82) is 0 Å². The van der Waals surface area contributed by atoms with Crippen LogP contribution in [0.4, 0.5) is 0 Å². The molecule has 0 fully saturated rings. The highest BCUT2D eigenvalue weighted by Gasteiger charge is 2.16. The number of nitrogens with one attached hydrogen (secondary N) is 1. The Labute approximate surface area is 98.8 Å². The molecule has 0 saturated carbocycles. The molecule has 0 unspecified atom stereocenters. The van der Waals surface area contributed by atoms with E-state index in [0.29, 0.717) is 12.1 Å². The molecule has 17 heavy (non-hydrogen) atoms. The smallest absolute Gasteiger partial charge is 0.337 e. The molecule has 0 bridgehead atoms. The average Bonchev–Trinajstić information content (AvgIpc) is 2.85. The minimum atomic E-state index is -0.297. The summed E-state index contributed by atoms with van der Waals surface area (Å²) in [6.07, 6.45) is 1.98. The topological polar surface area (TPSA) is 43.3 Å². The van der Waals surface area contributed by atoms with Gasteiger partial charge in [0.05, 0.1) is 24.9 Å². The van der Waals surface area contributed by atoms with E-state index in [1.165, 1.54) is 7.11 Å². The lowest BCUT2D eigenvalue weighted by Crippen LogP contribution is -2.20. The van der Waals surface area contributed by atoms with Crippen molar-refractivity contribution in [2.24, 2.45) is 0 Å². The third kappa shape index (κ3) is 1.49. The van der Waals surface area contributed by atoms with Crippen molar-refractivity contribution in [3.63, 3.8) is 0 Å². The van der Waals surface area contributed by atoms with Gasteiger partial charge >= 0.3 is 5.97 Å². The summed E-state index contributed by atoms with van der Waals surface area (Å²) in [7, 11) is 1.39. The van der Waals surface area contributed by atoms with E-state index in [1.54, 1.807) is 6.07 Å². The Morgan fingerprint density at radius 1 is 1.41 bits per heavy atom. The van der Waals surface area contributed by atoms with Crippen LogP contribution in [-0.2, 0) is 11.3 Å². The van der Waals surface area contributed by atoms with Gasteiger partial charge in [-0.25, -0.2) is 4.79 Å². The van der Waals surface area contributed by atoms with Crippen LogP contribution in [0, 0.1) is 0 Å². The Kier molecular flexibility index (Phi) is 2.14. The number of hydrogen-bond donors (Lipinski definition) is 1. The highest BCUT2D eigenvalue weighted by Crippen LogP contribution is 2.28. The molecule has 86 valence electrons. The highest BCUT2D eigenvalue weighted by molar-refractivity contribution is 5.90. The normalized spacial score (nSPS) is 12.3. The van der Waals surface area contributed by atoms with Crippen molar-refractivity contribution in [3.05, 3.63) is 47.7 Å². The van der Waals surface area contributed by atoms with E-state index in [0.717, 1.165) is 16.8 Å². The number of rotatable bonds is 1. The molecule has 0 saturated heterocycles. The molecule has 4 nitrogen and oxygen atoms in total. The number of carbonyl (C=O) groups excluding carboxylic acids is 1. The van der Waals surface area contributed by atoms with E-state index >= 15 is 0 Å². The van der Waals surface area contributed by atoms with E-state index in [4.69, 9.17) is 4.74 Å². The van der Waals surface area contributed by atoms with E-state index in [-0.39, 0.29) is 5.97 Å². The molecule has 3 rings (SSSR count). The molecule has 0 spiro atoms. The summed E-state index contributed by atoms with van der Waals surface area (Å²) in [5.41, 5.74) is 7.22. The summed E-state index contributed by atoms with van der Waals surface area (Å²) in [4.78, 5) is 11.4. The Morgan fingerprint density at radius 2 is 2.29 bits per heavy atom. The number of methoxy groups -OCH3 is 1. The average molecular weight is 228 g/mol. The first-order chi connectivity index (χ1) is 8.29. The predicted molar refractivity (Wildman–Crippen MR) is 64.3 cm³/mol. The number of fused-ring (bicyclic) bond motifs is 3. The van der Waals surface area contributed by atoms with Crippen molar-refractivity contribution in [1.82, 2.24) is 4.68 Å². The van der Waals surface area contributed by atoms with E-state index < -0.39 is 0 Å². The SMILES string of the molecule is COC(=O)c1ccc2c(c1)CNn1cccc1-2. The van der Waals surface area contributed by atoms with Crippen LogP contribution < -0.4 is 5.43 Å². The van der Waals surface area contributed by atoms with Gasteiger partial charge in [-0.15, -0.1) is 0 Å². The van der Waals surface area contributed by atoms with E-state index in [1.807, 2.05) is 35.1 Å². The van der Waals surface area contributed by atoms with Crippen LogP contribution in [0.5, 0.6) is 0 Å². The van der Waals surface area contributed by atoms with Crippen LogP contribution in [0.25, 0.3) is 11.3 Å². The van der Waals surface area contributed by atoms with E-state index in [2.05, 4.69) is 5.43 Å². The number of carbonyl (C=O) groups is 1. The monoisotopic (exact) mass is 228 g/mol. The zero-order chi connectivity index (χ0) is 11.8. The van der Waals surface area contributed by atoms with Gasteiger partial charge < -0.3 is 10.2 Å². The minimum Gasteiger partial charge on any atom is -0.465 e. The molecule has 1 aliphatic rings. The third-order valence-electron chi connectivity index (χ3n) is 2.99. The lowest BCUT2D eigenvalue weighted by atomic mass is 10.0. The number of aromatic nitrogens is 1. The van der Waals surface area contributed by atoms with Gasteiger partial charge in [-0.3, -0.25) is 4.68 Å². The van der Waals surface area contributed by atoms with Crippen molar-refractivity contribution in [2.75, 3.05) is 12.5 Å². The molecule has 1 aliphatic heterocycles. The third-order valence-corrected chi connectivity index (χ3v) is 2.99. The van der Waals surface area contributed by atoms with Gasteiger partial charge in [-0.05, 0) is 29.8 Å². The predicted octanol–water partition coefficient (Wildman–Crippen LogP) is 2.00. The van der Waals surface area contributed by atoms with Crippen molar-refractivity contribution in [3.8, 4) is 11.3 Å². The fourth-order valence-corrected chi connectivity index (χ4v) is 2.14. The molecule has 4 heteroatoms. The van der Waals surface area contributed by atoms with Crippen LogP contribution in [0.3, 0.4) is 0 Å². The maximum Gasteiger partial charge on any atom is 0.337 e. The van der Waals surface area contributed by atoms with Gasteiger partial charge in [0.15, 0.2) is 0 Å². The highest BCUT2D eigenvalue weighted by atomic mass is 16.5. The second-order valence-corrected chi connectivity index (χ2v) is 3.96. The van der Waals surface area contributed by atoms with Crippen molar-refractivity contribution in [2.45, 2.75) is 6.54 Å². The van der Waals surface area contributed by atoms with Gasteiger partial charge in [0, 0.05) is 11.8 Å². The molecular formula is C13H12N2O2. The van der Waals surface area contributed by atoms with Crippen LogP contribution >= 0.6 is 0 Å². The second kappa shape index (κ2) is 3.66. The van der Waals surface area contributed by atoms with Gasteiger partial charge in [0.2, 0.25) is 0 Å². The lowest BCUT2D eigenvalue weighted by molar-refractivity contribution is 0.0600. The van der Waals surface area contributed by atoms with Crippen LogP contribution in [0.2, 0.25) is 0 Å². The second-order valence-electron chi connectivity index (χ2n) is 3.96. The van der Waals surface area contributed by atoms with Crippen LogP contribution in [0.1, 0.15) is 15.9 Å². The van der Waals surface area contributed by atoms with E-state index in [9.17, 15) is 4.79 Å². The molecule has 1 aromatic carbocycles. The molecular weight excluding hydrogens is 216 g/mol. The Hall–Kier alpha value is -2.23. The lowest BCUT2D eigenvalue weighted by Gasteiger charge is -2.21. The number of hydrogen-bond acceptors (Lipinski definition) is 3. The van der Waals surface area contributed by atoms with Gasteiger partial charge in [-0.2, -0.15) is 0 Å². The first kappa shape index (κ1) is 9.96. The summed E-state index contributed by atoms with van der Waals surface area (Å²) in [5, 5.41) is 0. The number of esters is 1. The Morgan fingerprint density at radius 3 is 3.12 bits per heavy atom. The fraction of sp³-hybridized carbons (Fsp3) is 0.154. The number of nitrogens with zero attached hydrogens (tertiary/aromatic N) is 1. The maximum atomic E-state index is 11.4. The summed E-state index contributed by atoms with van der Waals surface area (Å²) in [6, 6.07) is 9.68.